The van der Waals surface area contributed by atoms with E-state index in [-0.39, 0.29) is 23.4 Å². The van der Waals surface area contributed by atoms with E-state index in [4.69, 9.17) is 10.8 Å². The molecule has 1 aromatic carbocycles. The van der Waals surface area contributed by atoms with Crippen LogP contribution in [-0.4, -0.2) is 34.8 Å². The van der Waals surface area contributed by atoms with Gasteiger partial charge in [0.15, 0.2) is 0 Å². The summed E-state index contributed by atoms with van der Waals surface area (Å²) in [6.45, 7) is 0.430. The Hall–Kier alpha value is -2.68. The topological polar surface area (TPSA) is 128 Å². The van der Waals surface area contributed by atoms with Crippen LogP contribution in [0.25, 0.3) is 5.70 Å². The predicted molar refractivity (Wildman–Crippen MR) is 105 cm³/mol. The number of hydrogen-bond acceptors (Lipinski definition) is 5. The third-order valence-electron chi connectivity index (χ3n) is 5.20. The van der Waals surface area contributed by atoms with E-state index in [0.29, 0.717) is 37.9 Å². The van der Waals surface area contributed by atoms with Crippen molar-refractivity contribution in [3.63, 3.8) is 0 Å². The second-order valence-corrected chi connectivity index (χ2v) is 7.51. The number of aliphatic carboxylic acids is 1. The van der Waals surface area contributed by atoms with Crippen molar-refractivity contribution >= 4 is 17.6 Å². The molecule has 0 radical (unpaired) electrons. The maximum absolute atomic E-state index is 12.7. The summed E-state index contributed by atoms with van der Waals surface area (Å²) in [5.41, 5.74) is 11.1. The fraction of sp³-hybridized carbons (Fsp3) is 0.400. The van der Waals surface area contributed by atoms with E-state index in [1.165, 1.54) is 13.2 Å². The largest absolute Gasteiger partial charge is 0.602 e. The van der Waals surface area contributed by atoms with E-state index in [2.05, 4.69) is 10.7 Å². The first kappa shape index (κ1) is 20.1. The van der Waals surface area contributed by atoms with Crippen LogP contribution in [0.4, 0.5) is 0 Å². The second kappa shape index (κ2) is 8.14. The van der Waals surface area contributed by atoms with E-state index in [1.54, 1.807) is 6.08 Å². The number of hydroxylamine groups is 2. The molecule has 0 bridgehead atoms. The van der Waals surface area contributed by atoms with Gasteiger partial charge in [0.05, 0.1) is 24.2 Å². The standard InChI is InChI=1S/C20H26N4O4/c1-24(28)12-16(10-18(23-24)14-4-2-13(11-21)3-5-14)19(25)22-17-8-6-15(7-9-17)20(26)27/h2-5,10,12,15,17,23H,6-9,11,21H2,1H3,(H,22,25)(H,26,27). The van der Waals surface area contributed by atoms with Gasteiger partial charge in [-0.3, -0.25) is 9.59 Å². The summed E-state index contributed by atoms with van der Waals surface area (Å²) >= 11 is 0. The number of amides is 1. The van der Waals surface area contributed by atoms with Gasteiger partial charge in [-0.1, -0.05) is 24.3 Å². The molecule has 1 aliphatic carbocycles. The number of nitrogens with two attached hydrogens (primary N) is 1. The maximum atomic E-state index is 12.7. The monoisotopic (exact) mass is 386 g/mol. The third-order valence-corrected chi connectivity index (χ3v) is 5.20. The molecule has 1 amide bonds. The number of carbonyl (C=O) groups is 2. The van der Waals surface area contributed by atoms with Crippen LogP contribution in [0.5, 0.6) is 0 Å². The summed E-state index contributed by atoms with van der Waals surface area (Å²) in [6, 6.07) is 7.40. The summed E-state index contributed by atoms with van der Waals surface area (Å²) in [5.74, 6) is -1.44. The zero-order valence-electron chi connectivity index (χ0n) is 15.9. The summed E-state index contributed by atoms with van der Waals surface area (Å²) in [5, 5.41) is 24.6. The number of quaternary nitrogens is 1. The van der Waals surface area contributed by atoms with Crippen molar-refractivity contribution in [2.24, 2.45) is 11.7 Å². The average molecular weight is 386 g/mol. The van der Waals surface area contributed by atoms with E-state index in [9.17, 15) is 14.8 Å². The highest BCUT2D eigenvalue weighted by Crippen LogP contribution is 2.26. The van der Waals surface area contributed by atoms with Crippen LogP contribution in [-0.2, 0) is 16.1 Å². The van der Waals surface area contributed by atoms with Crippen LogP contribution in [0.2, 0.25) is 0 Å². The Kier molecular flexibility index (Phi) is 5.83. The average Bonchev–Trinajstić information content (AvgIpc) is 2.67. The molecule has 150 valence electrons. The number of rotatable bonds is 5. The highest BCUT2D eigenvalue weighted by molar-refractivity contribution is 5.98. The molecule has 1 aliphatic heterocycles. The Bertz CT molecular complexity index is 806. The zero-order valence-corrected chi connectivity index (χ0v) is 15.9. The molecule has 1 saturated carbocycles. The van der Waals surface area contributed by atoms with Crippen molar-refractivity contribution in [1.82, 2.24) is 10.7 Å². The van der Waals surface area contributed by atoms with Gasteiger partial charge in [-0.15, -0.1) is 0 Å². The molecule has 0 saturated heterocycles. The van der Waals surface area contributed by atoms with Gasteiger partial charge < -0.3 is 21.4 Å². The lowest BCUT2D eigenvalue weighted by Gasteiger charge is -2.38. The molecule has 28 heavy (non-hydrogen) atoms. The van der Waals surface area contributed by atoms with Crippen LogP contribution >= 0.6 is 0 Å². The molecular formula is C20H26N4O4. The molecule has 5 N–H and O–H groups in total. The maximum Gasteiger partial charge on any atom is 0.306 e. The normalized spacial score (nSPS) is 27.2. The first-order valence-corrected chi connectivity index (χ1v) is 9.40. The van der Waals surface area contributed by atoms with E-state index >= 15 is 0 Å². The van der Waals surface area contributed by atoms with Crippen molar-refractivity contribution in [3.05, 3.63) is 58.4 Å². The summed E-state index contributed by atoms with van der Waals surface area (Å²) in [4.78, 5) is 23.8. The Morgan fingerprint density at radius 3 is 2.46 bits per heavy atom. The highest BCUT2D eigenvalue weighted by atomic mass is 16.6. The van der Waals surface area contributed by atoms with Gasteiger partial charge in [0, 0.05) is 18.2 Å². The predicted octanol–water partition coefficient (Wildman–Crippen LogP) is 1.59. The first-order chi connectivity index (χ1) is 13.3. The fourth-order valence-corrected chi connectivity index (χ4v) is 3.61. The minimum atomic E-state index is -0.904. The second-order valence-electron chi connectivity index (χ2n) is 7.51. The zero-order chi connectivity index (χ0) is 20.3. The van der Waals surface area contributed by atoms with Gasteiger partial charge in [0.1, 0.15) is 6.20 Å². The number of nitrogens with zero attached hydrogens (tertiary/aromatic N) is 1. The van der Waals surface area contributed by atoms with Crippen LogP contribution in [0.3, 0.4) is 0 Å². The molecule has 1 aromatic rings. The molecule has 2 aliphatic rings. The lowest BCUT2D eigenvalue weighted by molar-refractivity contribution is -0.847. The molecule has 8 nitrogen and oxygen atoms in total. The highest BCUT2D eigenvalue weighted by Gasteiger charge is 2.29. The number of nitrogens with one attached hydrogen (secondary N) is 2. The van der Waals surface area contributed by atoms with Crippen LogP contribution in [0, 0.1) is 11.1 Å². The van der Waals surface area contributed by atoms with Crippen molar-refractivity contribution in [3.8, 4) is 0 Å². The van der Waals surface area contributed by atoms with E-state index in [0.717, 1.165) is 11.1 Å². The van der Waals surface area contributed by atoms with Crippen LogP contribution < -0.4 is 16.5 Å². The van der Waals surface area contributed by atoms with Gasteiger partial charge in [0.2, 0.25) is 0 Å². The molecule has 1 atom stereocenters. The van der Waals surface area contributed by atoms with Crippen LogP contribution in [0.15, 0.2) is 42.1 Å². The fourth-order valence-electron chi connectivity index (χ4n) is 3.61. The molecule has 8 heteroatoms. The number of hydrogen-bond donors (Lipinski definition) is 4. The number of carboxylic acid groups (broad SMARTS) is 1. The lowest BCUT2D eigenvalue weighted by Crippen LogP contribution is -2.48. The van der Waals surface area contributed by atoms with Gasteiger partial charge >= 0.3 is 5.97 Å². The van der Waals surface area contributed by atoms with Crippen molar-refractivity contribution in [2.75, 3.05) is 7.05 Å². The van der Waals surface area contributed by atoms with Gasteiger partial charge in [-0.25, -0.2) is 10.2 Å². The van der Waals surface area contributed by atoms with Crippen molar-refractivity contribution in [1.29, 1.82) is 0 Å². The summed E-state index contributed by atoms with van der Waals surface area (Å²) in [7, 11) is 1.41. The van der Waals surface area contributed by atoms with Crippen molar-refractivity contribution < 1.29 is 19.5 Å². The Morgan fingerprint density at radius 1 is 1.25 bits per heavy atom. The van der Waals surface area contributed by atoms with Crippen LogP contribution in [0.1, 0.15) is 36.8 Å². The Balaban J connectivity index is 1.72. The van der Waals surface area contributed by atoms with E-state index in [1.807, 2.05) is 24.3 Å². The molecular weight excluding hydrogens is 360 g/mol. The van der Waals surface area contributed by atoms with E-state index < -0.39 is 10.7 Å². The Labute approximate surface area is 163 Å². The van der Waals surface area contributed by atoms with Crippen molar-refractivity contribution in [2.45, 2.75) is 38.3 Å². The Morgan fingerprint density at radius 2 is 1.89 bits per heavy atom. The molecule has 0 aromatic heterocycles. The molecule has 1 fully saturated rings. The molecule has 3 rings (SSSR count). The molecule has 0 spiro atoms. The summed E-state index contributed by atoms with van der Waals surface area (Å²) in [6.07, 6.45) is 5.31. The molecule has 1 unspecified atom stereocenters. The number of carboxylic acids is 1. The molecule has 1 heterocycles. The quantitative estimate of drug-likeness (QED) is 0.449. The third kappa shape index (κ3) is 4.78. The van der Waals surface area contributed by atoms with Gasteiger partial charge in [-0.05, 0) is 37.3 Å². The van der Waals surface area contributed by atoms with Gasteiger partial charge in [0.25, 0.3) is 5.91 Å². The SMILES string of the molecule is C[N+]1([O-])C=C(C(=O)NC2CCC(C(=O)O)CC2)C=C(c2ccc(CN)cc2)N1. The minimum Gasteiger partial charge on any atom is -0.602 e. The van der Waals surface area contributed by atoms with Gasteiger partial charge in [-0.2, -0.15) is 0 Å². The first-order valence-electron chi connectivity index (χ1n) is 9.40. The number of carbonyl (C=O) groups excluding carboxylic acids is 1. The number of benzene rings is 1. The summed E-state index contributed by atoms with van der Waals surface area (Å²) < 4.78 is -0.904. The smallest absolute Gasteiger partial charge is 0.306 e. The minimum absolute atomic E-state index is 0.0787. The lowest BCUT2D eigenvalue weighted by atomic mass is 9.86.